The first-order valence-corrected chi connectivity index (χ1v) is 14.2. The minimum absolute atomic E-state index is 0.00829. The largest absolute Gasteiger partial charge is 0.490 e. The summed E-state index contributed by atoms with van der Waals surface area (Å²) >= 11 is 5.93. The van der Waals surface area contributed by atoms with Crippen molar-refractivity contribution in [3.8, 4) is 5.75 Å². The average molecular weight is 521 g/mol. The van der Waals surface area contributed by atoms with Crippen LogP contribution in [0.15, 0.2) is 41.3 Å². The molecule has 0 unspecified atom stereocenters. The minimum Gasteiger partial charge on any atom is -0.490 e. The van der Waals surface area contributed by atoms with Gasteiger partial charge in [-0.3, -0.25) is 0 Å². The second-order valence-corrected chi connectivity index (χ2v) is 13.3. The molecule has 0 aliphatic carbocycles. The number of halogens is 3. The van der Waals surface area contributed by atoms with Crippen LogP contribution in [0.5, 0.6) is 5.75 Å². The zero-order chi connectivity index (χ0) is 24.0. The molecule has 3 atom stereocenters. The summed E-state index contributed by atoms with van der Waals surface area (Å²) in [6.45, 7) is 1.18. The second-order valence-electron chi connectivity index (χ2n) is 8.18. The van der Waals surface area contributed by atoms with Gasteiger partial charge in [0, 0.05) is 23.3 Å². The summed E-state index contributed by atoms with van der Waals surface area (Å²) in [5, 5.41) is 0.322. The van der Waals surface area contributed by atoms with E-state index in [0.29, 0.717) is 5.02 Å². The first-order valence-electron chi connectivity index (χ1n) is 10.5. The van der Waals surface area contributed by atoms with Gasteiger partial charge in [0.15, 0.2) is 21.4 Å². The molecule has 2 aliphatic heterocycles. The lowest BCUT2D eigenvalue weighted by Gasteiger charge is -2.50. The Morgan fingerprint density at radius 3 is 2.39 bits per heavy atom. The normalized spacial score (nSPS) is 25.1. The molecule has 2 aromatic carbocycles. The average Bonchev–Trinajstić information content (AvgIpc) is 2.79. The van der Waals surface area contributed by atoms with Crippen LogP contribution >= 0.6 is 11.6 Å². The zero-order valence-corrected chi connectivity index (χ0v) is 20.2. The van der Waals surface area contributed by atoms with Gasteiger partial charge in [-0.25, -0.2) is 25.6 Å². The van der Waals surface area contributed by atoms with Crippen molar-refractivity contribution in [2.24, 2.45) is 5.92 Å². The number of sulfone groups is 2. The molecule has 0 saturated carbocycles. The van der Waals surface area contributed by atoms with E-state index in [0.717, 1.165) is 12.1 Å². The van der Waals surface area contributed by atoms with E-state index in [2.05, 4.69) is 0 Å². The fourth-order valence-corrected chi connectivity index (χ4v) is 8.12. The molecule has 2 aromatic rings. The number of ether oxygens (including phenoxy) is 2. The lowest BCUT2D eigenvalue weighted by atomic mass is 9.75. The van der Waals surface area contributed by atoms with Gasteiger partial charge in [0.25, 0.3) is 0 Å². The van der Waals surface area contributed by atoms with Gasteiger partial charge in [-0.2, -0.15) is 0 Å². The van der Waals surface area contributed by atoms with Crippen molar-refractivity contribution in [3.05, 3.63) is 58.6 Å². The molecule has 1 fully saturated rings. The summed E-state index contributed by atoms with van der Waals surface area (Å²) < 4.78 is 91.8. The molecule has 0 aromatic heterocycles. The predicted molar refractivity (Wildman–Crippen MR) is 119 cm³/mol. The van der Waals surface area contributed by atoms with Gasteiger partial charge in [0.05, 0.1) is 28.9 Å². The summed E-state index contributed by atoms with van der Waals surface area (Å²) in [5.74, 6) is -3.46. The Hall–Kier alpha value is -1.75. The number of benzene rings is 2. The Morgan fingerprint density at radius 2 is 1.73 bits per heavy atom. The molecule has 4 rings (SSSR count). The molecular formula is C22H23ClF2O6S2. The van der Waals surface area contributed by atoms with Gasteiger partial charge in [0.1, 0.15) is 20.4 Å². The van der Waals surface area contributed by atoms with Gasteiger partial charge >= 0.3 is 0 Å². The van der Waals surface area contributed by atoms with E-state index in [9.17, 15) is 21.2 Å². The van der Waals surface area contributed by atoms with E-state index in [1.807, 2.05) is 0 Å². The van der Waals surface area contributed by atoms with E-state index in [4.69, 9.17) is 21.1 Å². The van der Waals surface area contributed by atoms with Crippen LogP contribution in [0.1, 0.15) is 25.3 Å². The summed E-state index contributed by atoms with van der Waals surface area (Å²) in [5.41, 5.74) is -0.375. The van der Waals surface area contributed by atoms with Crippen LogP contribution in [-0.2, 0) is 29.2 Å². The Morgan fingerprint density at radius 1 is 1.06 bits per heavy atom. The van der Waals surface area contributed by atoms with E-state index in [1.165, 1.54) is 31.2 Å². The van der Waals surface area contributed by atoms with Gasteiger partial charge in [0.2, 0.25) is 0 Å². The third kappa shape index (κ3) is 4.05. The first-order chi connectivity index (χ1) is 15.5. The van der Waals surface area contributed by atoms with E-state index in [1.54, 1.807) is 0 Å². The second kappa shape index (κ2) is 8.79. The summed E-state index contributed by atoms with van der Waals surface area (Å²) in [6.07, 6.45) is -0.983. The molecule has 0 amide bonds. The molecular weight excluding hydrogens is 498 g/mol. The molecule has 0 radical (unpaired) electrons. The smallest absolute Gasteiger partial charge is 0.189 e. The fourth-order valence-electron chi connectivity index (χ4n) is 4.77. The Bertz CT molecular complexity index is 1260. The molecule has 180 valence electrons. The quantitative estimate of drug-likeness (QED) is 0.574. The third-order valence-corrected chi connectivity index (χ3v) is 11.1. The molecule has 33 heavy (non-hydrogen) atoms. The SMILES string of the molecule is CCS(=O)(=O)CC[C@H]1OCC[C@]2(S(=O)(=O)c3ccc(Cl)cc3)c3c(F)ccc(F)c3OC[C@H]12. The summed E-state index contributed by atoms with van der Waals surface area (Å²) in [7, 11) is -7.68. The van der Waals surface area contributed by atoms with E-state index in [-0.39, 0.29) is 48.0 Å². The van der Waals surface area contributed by atoms with Crippen molar-refractivity contribution in [3.63, 3.8) is 0 Å². The van der Waals surface area contributed by atoms with Gasteiger partial charge < -0.3 is 9.47 Å². The Balaban J connectivity index is 1.92. The number of hydrogen-bond acceptors (Lipinski definition) is 6. The van der Waals surface area contributed by atoms with Crippen molar-refractivity contribution in [2.45, 2.75) is 35.5 Å². The molecule has 0 N–H and O–H groups in total. The van der Waals surface area contributed by atoms with Crippen LogP contribution in [0.25, 0.3) is 0 Å². The maximum absolute atomic E-state index is 15.3. The van der Waals surface area contributed by atoms with Crippen molar-refractivity contribution >= 4 is 31.3 Å². The van der Waals surface area contributed by atoms with Crippen LogP contribution in [0.2, 0.25) is 5.02 Å². The number of hydrogen-bond donors (Lipinski definition) is 0. The highest BCUT2D eigenvalue weighted by atomic mass is 35.5. The molecule has 6 nitrogen and oxygen atoms in total. The monoisotopic (exact) mass is 520 g/mol. The van der Waals surface area contributed by atoms with Crippen LogP contribution in [0.3, 0.4) is 0 Å². The highest BCUT2D eigenvalue weighted by molar-refractivity contribution is 7.92. The molecule has 2 heterocycles. The predicted octanol–water partition coefficient (Wildman–Crippen LogP) is 3.91. The Kier molecular flexibility index (Phi) is 6.50. The lowest BCUT2D eigenvalue weighted by molar-refractivity contribution is -0.0732. The highest BCUT2D eigenvalue weighted by Gasteiger charge is 2.61. The van der Waals surface area contributed by atoms with Crippen molar-refractivity contribution in [1.82, 2.24) is 0 Å². The topological polar surface area (TPSA) is 86.7 Å². The molecule has 0 spiro atoms. The lowest BCUT2D eigenvalue weighted by Crippen LogP contribution is -2.57. The zero-order valence-electron chi connectivity index (χ0n) is 17.8. The Labute approximate surface area is 196 Å². The van der Waals surface area contributed by atoms with Gasteiger partial charge in [-0.1, -0.05) is 18.5 Å². The molecule has 1 saturated heterocycles. The first kappa shape index (κ1) is 24.4. The van der Waals surface area contributed by atoms with Crippen molar-refractivity contribution in [1.29, 1.82) is 0 Å². The van der Waals surface area contributed by atoms with Crippen molar-refractivity contribution in [2.75, 3.05) is 24.7 Å². The maximum atomic E-state index is 15.3. The molecule has 11 heteroatoms. The van der Waals surface area contributed by atoms with Crippen molar-refractivity contribution < 1.29 is 35.1 Å². The minimum atomic E-state index is -4.32. The van der Waals surface area contributed by atoms with Crippen LogP contribution in [0.4, 0.5) is 8.78 Å². The third-order valence-electron chi connectivity index (χ3n) is 6.50. The fraction of sp³-hybridized carbons (Fsp3) is 0.455. The standard InChI is InChI=1S/C22H23ClF2O6S2/c1-2-32(26,27)12-9-19-16-13-31-21-18(25)8-7-17(24)20(21)22(16,10-11-30-19)33(28,29)15-5-3-14(23)4-6-15/h3-8,16,19H,2,9-13H2,1H3/t16-,19-,22-/m1/s1. The van der Waals surface area contributed by atoms with E-state index < -0.39 is 53.8 Å². The molecule has 2 aliphatic rings. The summed E-state index contributed by atoms with van der Waals surface area (Å²) in [6, 6.07) is 7.23. The molecule has 0 bridgehead atoms. The van der Waals surface area contributed by atoms with Crippen LogP contribution in [0, 0.1) is 17.6 Å². The van der Waals surface area contributed by atoms with Gasteiger partial charge in [-0.05, 0) is 49.2 Å². The number of rotatable bonds is 6. The van der Waals surface area contributed by atoms with Gasteiger partial charge in [-0.15, -0.1) is 0 Å². The van der Waals surface area contributed by atoms with E-state index >= 15 is 4.39 Å². The van der Waals surface area contributed by atoms with Crippen LogP contribution in [-0.4, -0.2) is 47.7 Å². The van der Waals surface area contributed by atoms with Crippen LogP contribution < -0.4 is 4.74 Å². The maximum Gasteiger partial charge on any atom is 0.189 e. The highest BCUT2D eigenvalue weighted by Crippen LogP contribution is 2.55. The number of fused-ring (bicyclic) bond motifs is 3. The summed E-state index contributed by atoms with van der Waals surface area (Å²) in [4.78, 5) is -0.102.